The molecule has 8 nitrogen and oxygen atoms in total. The van der Waals surface area contributed by atoms with Crippen molar-refractivity contribution in [2.24, 2.45) is 0 Å². The Morgan fingerprint density at radius 2 is 1.89 bits per heavy atom. The van der Waals surface area contributed by atoms with Crippen molar-refractivity contribution in [1.82, 2.24) is 19.8 Å². The summed E-state index contributed by atoms with van der Waals surface area (Å²) in [5.41, 5.74) is 2.06. The van der Waals surface area contributed by atoms with Gasteiger partial charge in [-0.3, -0.25) is 4.79 Å². The van der Waals surface area contributed by atoms with E-state index in [0.717, 1.165) is 75.0 Å². The van der Waals surface area contributed by atoms with Crippen LogP contribution in [0, 0.1) is 0 Å². The number of nitrogens with one attached hydrogen (secondary N) is 2. The van der Waals surface area contributed by atoms with Crippen molar-refractivity contribution < 1.29 is 18.0 Å². The lowest BCUT2D eigenvalue weighted by Crippen LogP contribution is -2.36. The summed E-state index contributed by atoms with van der Waals surface area (Å²) in [7, 11) is 2.14. The zero-order valence-electron chi connectivity index (χ0n) is 22.3. The van der Waals surface area contributed by atoms with Crippen LogP contribution in [0.25, 0.3) is 0 Å². The molecular weight excluding hydrogens is 495 g/mol. The van der Waals surface area contributed by atoms with Crippen LogP contribution in [0.5, 0.6) is 0 Å². The molecule has 0 atom stereocenters. The van der Waals surface area contributed by atoms with Crippen LogP contribution in [0.3, 0.4) is 0 Å². The Balaban J connectivity index is 1.45. The largest absolute Gasteiger partial charge is 0.421 e. The highest BCUT2D eigenvalue weighted by Gasteiger charge is 2.35. The first-order valence-corrected chi connectivity index (χ1v) is 13.5. The van der Waals surface area contributed by atoms with E-state index in [9.17, 15) is 18.0 Å². The number of likely N-dealkylation sites (N-methyl/N-ethyl adjacent to an activating group) is 1. The number of alkyl halides is 3. The summed E-state index contributed by atoms with van der Waals surface area (Å²) in [6, 6.07) is 6.13. The number of anilines is 4. The van der Waals surface area contributed by atoms with Crippen LogP contribution in [0.2, 0.25) is 0 Å². The van der Waals surface area contributed by atoms with E-state index >= 15 is 0 Å². The van der Waals surface area contributed by atoms with Gasteiger partial charge in [-0.05, 0) is 69.5 Å². The van der Waals surface area contributed by atoms with Crippen LogP contribution in [0.1, 0.15) is 50.2 Å². The number of halogens is 3. The number of likely N-dealkylation sites (tertiary alicyclic amines) is 1. The molecule has 0 spiro atoms. The fourth-order valence-electron chi connectivity index (χ4n) is 4.98. The van der Waals surface area contributed by atoms with E-state index in [-0.39, 0.29) is 24.2 Å². The first-order chi connectivity index (χ1) is 18.2. The van der Waals surface area contributed by atoms with Crippen molar-refractivity contribution >= 4 is 29.0 Å². The highest BCUT2D eigenvalue weighted by molar-refractivity contribution is 5.76. The van der Waals surface area contributed by atoms with E-state index in [1.165, 1.54) is 0 Å². The molecular formula is C27H38F3N7O. The molecule has 0 aliphatic carbocycles. The van der Waals surface area contributed by atoms with Gasteiger partial charge in [-0.25, -0.2) is 4.98 Å². The molecule has 1 aromatic carbocycles. The number of carbonyl (C=O) groups excluding carboxylic acids is 1. The van der Waals surface area contributed by atoms with Crippen LogP contribution >= 0.6 is 0 Å². The van der Waals surface area contributed by atoms with Gasteiger partial charge in [-0.15, -0.1) is 0 Å². The number of aryl methyl sites for hydroxylation is 1. The zero-order valence-corrected chi connectivity index (χ0v) is 22.3. The minimum Gasteiger partial charge on any atom is -0.370 e. The molecule has 3 heterocycles. The molecule has 208 valence electrons. The van der Waals surface area contributed by atoms with Gasteiger partial charge in [0.1, 0.15) is 11.4 Å². The molecule has 0 saturated carbocycles. The average molecular weight is 534 g/mol. The highest BCUT2D eigenvalue weighted by atomic mass is 19.4. The molecule has 2 saturated heterocycles. The van der Waals surface area contributed by atoms with Crippen molar-refractivity contribution in [3.63, 3.8) is 0 Å². The van der Waals surface area contributed by atoms with Crippen molar-refractivity contribution in [3.8, 4) is 0 Å². The third kappa shape index (κ3) is 7.27. The fourth-order valence-corrected chi connectivity index (χ4v) is 4.98. The molecule has 2 N–H and O–H groups in total. The number of nitrogens with zero attached hydrogens (tertiary/aromatic N) is 5. The molecule has 2 aromatic rings. The standard InChI is InChI=1S/C27H38F3N7O/c1-3-20-18-21(36-15-7-12-35(2)16-17-36)9-10-23(20)33-26-32-19-22(27(28,29)30)25(34-26)31-11-6-14-37-13-5-4-8-24(37)38/h9-10,18-19H,3-8,11-17H2,1-2H3,(H2,31,32,33,34). The molecule has 2 aliphatic rings. The Labute approximate surface area is 222 Å². The van der Waals surface area contributed by atoms with E-state index in [1.54, 1.807) is 4.90 Å². The highest BCUT2D eigenvalue weighted by Crippen LogP contribution is 2.34. The summed E-state index contributed by atoms with van der Waals surface area (Å²) < 4.78 is 41.0. The van der Waals surface area contributed by atoms with Gasteiger partial charge in [-0.2, -0.15) is 18.2 Å². The fraction of sp³-hybridized carbons (Fsp3) is 0.593. The van der Waals surface area contributed by atoms with Crippen LogP contribution in [0.4, 0.5) is 36.3 Å². The molecule has 11 heteroatoms. The van der Waals surface area contributed by atoms with Gasteiger partial charge in [0.25, 0.3) is 0 Å². The summed E-state index contributed by atoms with van der Waals surface area (Å²) in [4.78, 5) is 26.6. The minimum atomic E-state index is -4.58. The number of rotatable bonds is 9. The Morgan fingerprint density at radius 3 is 2.66 bits per heavy atom. The predicted molar refractivity (Wildman–Crippen MR) is 144 cm³/mol. The van der Waals surface area contributed by atoms with Crippen LogP contribution in [-0.2, 0) is 17.4 Å². The lowest BCUT2D eigenvalue weighted by Gasteiger charge is -2.26. The molecule has 0 unspecified atom stereocenters. The average Bonchev–Trinajstić information content (AvgIpc) is 3.11. The molecule has 2 fully saturated rings. The maximum absolute atomic E-state index is 13.7. The quantitative estimate of drug-likeness (QED) is 0.450. The molecule has 0 radical (unpaired) electrons. The Kier molecular flexibility index (Phi) is 9.30. The van der Waals surface area contributed by atoms with Crippen LogP contribution in [-0.4, -0.2) is 78.5 Å². The number of amides is 1. The first kappa shape index (κ1) is 27.9. The third-order valence-electron chi connectivity index (χ3n) is 7.21. The Bertz CT molecular complexity index is 1090. The number of carbonyl (C=O) groups is 1. The number of aromatic nitrogens is 2. The summed E-state index contributed by atoms with van der Waals surface area (Å²) in [5, 5.41) is 5.96. The first-order valence-electron chi connectivity index (χ1n) is 13.5. The van der Waals surface area contributed by atoms with Gasteiger partial charge in [0.05, 0.1) is 0 Å². The van der Waals surface area contributed by atoms with Crippen molar-refractivity contribution in [1.29, 1.82) is 0 Å². The number of piperidine rings is 1. The Morgan fingerprint density at radius 1 is 1.05 bits per heavy atom. The monoisotopic (exact) mass is 533 g/mol. The number of benzene rings is 1. The van der Waals surface area contributed by atoms with Crippen LogP contribution < -0.4 is 15.5 Å². The number of hydrogen-bond acceptors (Lipinski definition) is 7. The molecule has 4 rings (SSSR count). The maximum Gasteiger partial charge on any atom is 0.421 e. The van der Waals surface area contributed by atoms with Gasteiger partial charge < -0.3 is 25.3 Å². The molecule has 0 bridgehead atoms. The maximum atomic E-state index is 13.7. The summed E-state index contributed by atoms with van der Waals surface area (Å²) >= 11 is 0. The second-order valence-electron chi connectivity index (χ2n) is 10.0. The predicted octanol–water partition coefficient (Wildman–Crippen LogP) is 4.76. The molecule has 38 heavy (non-hydrogen) atoms. The summed E-state index contributed by atoms with van der Waals surface area (Å²) in [6.45, 7) is 7.57. The van der Waals surface area contributed by atoms with E-state index in [4.69, 9.17) is 0 Å². The SMILES string of the molecule is CCc1cc(N2CCCN(C)CC2)ccc1Nc1ncc(C(F)(F)F)c(NCCCN2CCCCC2=O)n1. The van der Waals surface area contributed by atoms with Crippen molar-refractivity contribution in [3.05, 3.63) is 35.5 Å². The zero-order chi connectivity index (χ0) is 27.1. The topological polar surface area (TPSA) is 76.6 Å². The molecule has 1 aromatic heterocycles. The van der Waals surface area contributed by atoms with Gasteiger partial charge in [0.15, 0.2) is 0 Å². The third-order valence-corrected chi connectivity index (χ3v) is 7.21. The second kappa shape index (κ2) is 12.6. The summed E-state index contributed by atoms with van der Waals surface area (Å²) in [6.07, 6.45) is 1.03. The smallest absolute Gasteiger partial charge is 0.370 e. The van der Waals surface area contributed by atoms with E-state index < -0.39 is 11.7 Å². The van der Waals surface area contributed by atoms with Crippen molar-refractivity contribution in [2.45, 2.75) is 51.6 Å². The van der Waals surface area contributed by atoms with E-state index in [2.05, 4.69) is 43.5 Å². The van der Waals surface area contributed by atoms with Crippen molar-refractivity contribution in [2.75, 3.05) is 68.4 Å². The lowest BCUT2D eigenvalue weighted by atomic mass is 10.1. The van der Waals surface area contributed by atoms with E-state index in [0.29, 0.717) is 25.9 Å². The molecule has 1 amide bonds. The normalized spacial score (nSPS) is 17.4. The van der Waals surface area contributed by atoms with Gasteiger partial charge in [-0.1, -0.05) is 6.92 Å². The number of hydrogen-bond donors (Lipinski definition) is 2. The van der Waals surface area contributed by atoms with Gasteiger partial charge in [0, 0.05) is 63.3 Å². The molecule has 2 aliphatic heterocycles. The lowest BCUT2D eigenvalue weighted by molar-refractivity contribution is -0.137. The second-order valence-corrected chi connectivity index (χ2v) is 10.0. The minimum absolute atomic E-state index is 0.102. The van der Waals surface area contributed by atoms with E-state index in [1.807, 2.05) is 19.1 Å². The van der Waals surface area contributed by atoms with Gasteiger partial charge >= 0.3 is 6.18 Å². The summed E-state index contributed by atoms with van der Waals surface area (Å²) in [5.74, 6) is -0.0458. The van der Waals surface area contributed by atoms with Crippen LogP contribution in [0.15, 0.2) is 24.4 Å². The van der Waals surface area contributed by atoms with Gasteiger partial charge in [0.2, 0.25) is 11.9 Å². The Hall–Kier alpha value is -3.08.